The van der Waals surface area contributed by atoms with Crippen molar-refractivity contribution >= 4 is 12.2 Å². The van der Waals surface area contributed by atoms with Crippen molar-refractivity contribution in [2.24, 2.45) is 0 Å². The Morgan fingerprint density at radius 1 is 1.75 bits per heavy atom. The maximum absolute atomic E-state index is 10.3. The van der Waals surface area contributed by atoms with Gasteiger partial charge in [-0.3, -0.25) is 9.59 Å². The van der Waals surface area contributed by atoms with Gasteiger partial charge in [0.1, 0.15) is 0 Å². The lowest BCUT2D eigenvalue weighted by Crippen LogP contribution is -2.25. The Labute approximate surface area is 47.1 Å². The minimum atomic E-state index is -0.331. The Bertz CT molecular complexity index is 122. The molecule has 1 amide bonds. The summed E-state index contributed by atoms with van der Waals surface area (Å²) in [5.41, 5.74) is 0. The zero-order valence-electron chi connectivity index (χ0n) is 4.31. The quantitative estimate of drug-likeness (QED) is 0.491. The molecule has 1 aliphatic heterocycles. The van der Waals surface area contributed by atoms with Crippen LogP contribution in [-0.4, -0.2) is 18.2 Å². The first-order valence-electron chi connectivity index (χ1n) is 2.50. The first kappa shape index (κ1) is 5.28. The van der Waals surface area contributed by atoms with Gasteiger partial charge in [-0.05, 0) is 6.42 Å². The van der Waals surface area contributed by atoms with Crippen molar-refractivity contribution in [3.05, 3.63) is 0 Å². The molecule has 1 fully saturated rings. The van der Waals surface area contributed by atoms with Crippen LogP contribution in [-0.2, 0) is 9.59 Å². The molecule has 1 aliphatic rings. The average Bonchev–Trinajstić information content (AvgIpc) is 2.14. The fourth-order valence-electron chi connectivity index (χ4n) is 0.702. The van der Waals surface area contributed by atoms with Crippen molar-refractivity contribution in [3.8, 4) is 0 Å². The number of amides is 1. The highest BCUT2D eigenvalue weighted by atomic mass is 16.2. The largest absolute Gasteiger partial charge is 0.346 e. The second kappa shape index (κ2) is 1.94. The van der Waals surface area contributed by atoms with Crippen LogP contribution in [0.3, 0.4) is 0 Å². The molecule has 0 aromatic heterocycles. The summed E-state index contributed by atoms with van der Waals surface area (Å²) >= 11 is 0. The molecule has 3 heteroatoms. The zero-order valence-corrected chi connectivity index (χ0v) is 4.31. The van der Waals surface area contributed by atoms with E-state index >= 15 is 0 Å². The highest BCUT2D eigenvalue weighted by Gasteiger charge is 2.19. The molecule has 1 saturated heterocycles. The second-order valence-electron chi connectivity index (χ2n) is 1.78. The van der Waals surface area contributed by atoms with Crippen LogP contribution in [0.15, 0.2) is 0 Å². The maximum atomic E-state index is 10.3. The van der Waals surface area contributed by atoms with E-state index in [1.807, 2.05) is 0 Å². The fourth-order valence-corrected chi connectivity index (χ4v) is 0.702. The van der Waals surface area contributed by atoms with E-state index < -0.39 is 0 Å². The summed E-state index contributed by atoms with van der Waals surface area (Å²) in [5.74, 6) is -0.0432. The van der Waals surface area contributed by atoms with Gasteiger partial charge in [-0.2, -0.15) is 0 Å². The summed E-state index contributed by atoms with van der Waals surface area (Å²) < 4.78 is 0. The van der Waals surface area contributed by atoms with E-state index in [2.05, 4.69) is 5.32 Å². The SMILES string of the molecule is O=[C][C@H]1CCC(=O)N1. The second-order valence-corrected chi connectivity index (χ2v) is 1.78. The molecule has 0 aromatic rings. The van der Waals surface area contributed by atoms with E-state index in [1.165, 1.54) is 0 Å². The number of carbonyl (C=O) groups is 1. The van der Waals surface area contributed by atoms with Crippen LogP contribution in [0.25, 0.3) is 0 Å². The van der Waals surface area contributed by atoms with Gasteiger partial charge in [0.2, 0.25) is 12.2 Å². The van der Waals surface area contributed by atoms with E-state index in [-0.39, 0.29) is 11.9 Å². The van der Waals surface area contributed by atoms with Gasteiger partial charge in [0.05, 0.1) is 6.04 Å². The standard InChI is InChI=1S/C5H6NO2/c7-3-4-1-2-5(8)6-4/h4H,1-2H2,(H,6,8)/t4-/m1/s1. The fraction of sp³-hybridized carbons (Fsp3) is 0.600. The molecule has 0 aromatic carbocycles. The molecule has 3 nitrogen and oxygen atoms in total. The van der Waals surface area contributed by atoms with Crippen LogP contribution in [0.4, 0.5) is 0 Å². The van der Waals surface area contributed by atoms with Crippen LogP contribution < -0.4 is 5.32 Å². The molecule has 8 heavy (non-hydrogen) atoms. The number of rotatable bonds is 1. The highest BCUT2D eigenvalue weighted by molar-refractivity contribution is 5.83. The molecule has 0 bridgehead atoms. The predicted octanol–water partition coefficient (Wildman–Crippen LogP) is -0.625. The molecule has 0 unspecified atom stereocenters. The van der Waals surface area contributed by atoms with Crippen LogP contribution in [0, 0.1) is 0 Å². The minimum Gasteiger partial charge on any atom is -0.346 e. The molecule has 1 radical (unpaired) electrons. The third-order valence-electron chi connectivity index (χ3n) is 1.14. The summed E-state index contributed by atoms with van der Waals surface area (Å²) in [6.07, 6.45) is 2.80. The van der Waals surface area contributed by atoms with Gasteiger partial charge in [0, 0.05) is 6.42 Å². The monoisotopic (exact) mass is 112 g/mol. The summed E-state index contributed by atoms with van der Waals surface area (Å²) in [7, 11) is 0. The van der Waals surface area contributed by atoms with Crippen LogP contribution in [0.1, 0.15) is 12.8 Å². The Morgan fingerprint density at radius 3 is 2.75 bits per heavy atom. The number of hydrogen-bond donors (Lipinski definition) is 1. The minimum absolute atomic E-state index is 0.0432. The van der Waals surface area contributed by atoms with Crippen molar-refractivity contribution in [1.29, 1.82) is 0 Å². The molecular formula is C5H6NO2. The molecule has 1 rings (SSSR count). The molecule has 1 atom stereocenters. The third-order valence-corrected chi connectivity index (χ3v) is 1.14. The normalized spacial score (nSPS) is 27.5. The van der Waals surface area contributed by atoms with Crippen molar-refractivity contribution in [2.45, 2.75) is 18.9 Å². The summed E-state index contributed by atoms with van der Waals surface area (Å²) in [6, 6.07) is -0.331. The van der Waals surface area contributed by atoms with Gasteiger partial charge in [-0.25, -0.2) is 0 Å². The van der Waals surface area contributed by atoms with E-state index in [0.717, 1.165) is 0 Å². The zero-order chi connectivity index (χ0) is 5.98. The molecule has 0 saturated carbocycles. The van der Waals surface area contributed by atoms with Crippen LogP contribution >= 0.6 is 0 Å². The Morgan fingerprint density at radius 2 is 2.50 bits per heavy atom. The lowest BCUT2D eigenvalue weighted by Gasteiger charge is -1.93. The Kier molecular flexibility index (Phi) is 1.28. The number of hydrogen-bond acceptors (Lipinski definition) is 2. The van der Waals surface area contributed by atoms with Crippen molar-refractivity contribution in [1.82, 2.24) is 5.32 Å². The predicted molar refractivity (Wildman–Crippen MR) is 26.9 cm³/mol. The van der Waals surface area contributed by atoms with Gasteiger partial charge in [-0.15, -0.1) is 0 Å². The van der Waals surface area contributed by atoms with Gasteiger partial charge in [0.15, 0.2) is 0 Å². The Balaban J connectivity index is 2.43. The summed E-state index contributed by atoms with van der Waals surface area (Å²) in [5, 5.41) is 2.44. The molecule has 1 N–H and O–H groups in total. The van der Waals surface area contributed by atoms with Gasteiger partial charge in [0.25, 0.3) is 0 Å². The number of carbonyl (C=O) groups excluding carboxylic acids is 2. The topological polar surface area (TPSA) is 46.2 Å². The van der Waals surface area contributed by atoms with Gasteiger partial charge >= 0.3 is 0 Å². The third kappa shape index (κ3) is 0.857. The molecule has 0 spiro atoms. The molecule has 0 aliphatic carbocycles. The lowest BCUT2D eigenvalue weighted by molar-refractivity contribution is -0.119. The molecule has 43 valence electrons. The lowest BCUT2D eigenvalue weighted by atomic mass is 10.2. The first-order chi connectivity index (χ1) is 3.83. The van der Waals surface area contributed by atoms with Crippen molar-refractivity contribution < 1.29 is 9.59 Å². The summed E-state index contributed by atoms with van der Waals surface area (Å²) in [6.45, 7) is 0. The first-order valence-corrected chi connectivity index (χ1v) is 2.50. The summed E-state index contributed by atoms with van der Waals surface area (Å²) in [4.78, 5) is 20.1. The Hall–Kier alpha value is -0.860. The smallest absolute Gasteiger partial charge is 0.222 e. The van der Waals surface area contributed by atoms with Gasteiger partial charge in [-0.1, -0.05) is 0 Å². The van der Waals surface area contributed by atoms with Crippen molar-refractivity contribution in [3.63, 3.8) is 0 Å². The van der Waals surface area contributed by atoms with Crippen molar-refractivity contribution in [2.75, 3.05) is 0 Å². The average molecular weight is 112 g/mol. The molecule has 1 heterocycles. The van der Waals surface area contributed by atoms with Crippen LogP contribution in [0.2, 0.25) is 0 Å². The number of nitrogens with one attached hydrogen (secondary N) is 1. The van der Waals surface area contributed by atoms with E-state index in [1.54, 1.807) is 6.29 Å². The van der Waals surface area contributed by atoms with Crippen LogP contribution in [0.5, 0.6) is 0 Å². The molecular weight excluding hydrogens is 106 g/mol. The highest BCUT2D eigenvalue weighted by Crippen LogP contribution is 2.02. The van der Waals surface area contributed by atoms with Gasteiger partial charge < -0.3 is 5.32 Å². The van der Waals surface area contributed by atoms with E-state index in [0.29, 0.717) is 12.8 Å². The maximum Gasteiger partial charge on any atom is 0.222 e. The van der Waals surface area contributed by atoms with E-state index in [4.69, 9.17) is 0 Å². The van der Waals surface area contributed by atoms with E-state index in [9.17, 15) is 9.59 Å².